The fourth-order valence-corrected chi connectivity index (χ4v) is 2.69. The Morgan fingerprint density at radius 3 is 2.39 bits per heavy atom. The van der Waals surface area contributed by atoms with Crippen LogP contribution in [0.1, 0.15) is 50.3 Å². The molecule has 0 aromatic heterocycles. The molecule has 0 saturated heterocycles. The van der Waals surface area contributed by atoms with Gasteiger partial charge < -0.3 is 0 Å². The first kappa shape index (κ1) is 17.2. The maximum atomic E-state index is 14.3. The molecule has 1 atom stereocenters. The maximum absolute atomic E-state index is 14.3. The highest BCUT2D eigenvalue weighted by molar-refractivity contribution is 5.49. The van der Waals surface area contributed by atoms with Gasteiger partial charge in [-0.3, -0.25) is 0 Å². The van der Waals surface area contributed by atoms with Crippen molar-refractivity contribution in [3.63, 3.8) is 0 Å². The summed E-state index contributed by atoms with van der Waals surface area (Å²) in [5.74, 6) is -0.171. The van der Waals surface area contributed by atoms with Crippen LogP contribution in [-0.2, 0) is 0 Å². The Labute approximate surface area is 138 Å². The molecule has 0 radical (unpaired) electrons. The van der Waals surface area contributed by atoms with Crippen LogP contribution in [0.4, 0.5) is 4.39 Å². The van der Waals surface area contributed by atoms with E-state index in [1.165, 1.54) is 11.1 Å². The minimum atomic E-state index is -0.147. The van der Waals surface area contributed by atoms with E-state index in [0.29, 0.717) is 0 Å². The second kappa shape index (κ2) is 6.95. The monoisotopic (exact) mass is 308 g/mol. The van der Waals surface area contributed by atoms with E-state index < -0.39 is 0 Å². The summed E-state index contributed by atoms with van der Waals surface area (Å²) in [4.78, 5) is 0. The number of allylic oxidation sites excluding steroid dienone is 2. The van der Waals surface area contributed by atoms with Gasteiger partial charge in [-0.25, -0.2) is 4.39 Å². The Bertz CT molecular complexity index is 852. The third-order valence-corrected chi connectivity index (χ3v) is 4.50. The summed E-state index contributed by atoms with van der Waals surface area (Å²) in [7, 11) is 0. The molecule has 1 unspecified atom stereocenters. The molecule has 0 saturated carbocycles. The standard InChI is InChI=1S/C22H25F/c1-14(2)16(4)13-19-8-7-9-20(17(19)5)18(6)21-11-10-15(3)12-22(21)23/h7-13,18H,5H2,1-4,6H3/b19-13-. The van der Waals surface area contributed by atoms with Gasteiger partial charge in [0.1, 0.15) is 5.82 Å². The van der Waals surface area contributed by atoms with Crippen molar-refractivity contribution < 1.29 is 4.39 Å². The molecule has 0 amide bonds. The normalized spacial score (nSPS) is 13.0. The average Bonchev–Trinajstić information content (AvgIpc) is 2.48. The molecule has 1 heteroatoms. The Balaban J connectivity index is 2.57. The highest BCUT2D eigenvalue weighted by Crippen LogP contribution is 2.24. The van der Waals surface area contributed by atoms with Crippen LogP contribution >= 0.6 is 0 Å². The van der Waals surface area contributed by atoms with Gasteiger partial charge in [-0.1, -0.05) is 61.1 Å². The minimum Gasteiger partial charge on any atom is -0.207 e. The molecule has 23 heavy (non-hydrogen) atoms. The molecule has 0 aliphatic carbocycles. The van der Waals surface area contributed by atoms with Crippen molar-refractivity contribution in [3.8, 4) is 0 Å². The lowest BCUT2D eigenvalue weighted by Gasteiger charge is -2.15. The number of hydrogen-bond donors (Lipinski definition) is 0. The first-order valence-electron chi connectivity index (χ1n) is 8.01. The van der Waals surface area contributed by atoms with Crippen LogP contribution in [0.25, 0.3) is 12.7 Å². The molecule has 120 valence electrons. The average molecular weight is 308 g/mol. The third kappa shape index (κ3) is 3.79. The van der Waals surface area contributed by atoms with Crippen molar-refractivity contribution in [2.24, 2.45) is 0 Å². The van der Waals surface area contributed by atoms with Gasteiger partial charge in [0, 0.05) is 5.92 Å². The molecule has 2 aromatic carbocycles. The third-order valence-electron chi connectivity index (χ3n) is 4.50. The quantitative estimate of drug-likeness (QED) is 0.761. The predicted molar refractivity (Wildman–Crippen MR) is 98.4 cm³/mol. The van der Waals surface area contributed by atoms with Crippen LogP contribution in [0.2, 0.25) is 0 Å². The molecule has 0 fully saturated rings. The van der Waals surface area contributed by atoms with E-state index in [1.807, 2.05) is 38.1 Å². The maximum Gasteiger partial charge on any atom is 0.127 e. The van der Waals surface area contributed by atoms with Gasteiger partial charge in [0.15, 0.2) is 0 Å². The predicted octanol–water partition coefficient (Wildman–Crippen LogP) is 4.83. The van der Waals surface area contributed by atoms with Gasteiger partial charge in [-0.05, 0) is 60.9 Å². The van der Waals surface area contributed by atoms with Gasteiger partial charge in [0.05, 0.1) is 0 Å². The number of hydrogen-bond acceptors (Lipinski definition) is 0. The van der Waals surface area contributed by atoms with Crippen LogP contribution in [-0.4, -0.2) is 0 Å². The molecule has 0 N–H and O–H groups in total. The molecule has 2 rings (SSSR count). The zero-order valence-corrected chi connectivity index (χ0v) is 14.7. The summed E-state index contributed by atoms with van der Waals surface area (Å²) in [5, 5.41) is 2.07. The van der Waals surface area contributed by atoms with E-state index in [2.05, 4.69) is 39.5 Å². The Kier molecular flexibility index (Phi) is 5.20. The van der Waals surface area contributed by atoms with Gasteiger partial charge in [-0.2, -0.15) is 0 Å². The highest BCUT2D eigenvalue weighted by Gasteiger charge is 2.14. The molecule has 0 heterocycles. The van der Waals surface area contributed by atoms with E-state index in [-0.39, 0.29) is 11.7 Å². The number of halogens is 1. The first-order chi connectivity index (χ1) is 10.8. The highest BCUT2D eigenvalue weighted by atomic mass is 19.1. The van der Waals surface area contributed by atoms with Crippen molar-refractivity contribution >= 4 is 12.7 Å². The van der Waals surface area contributed by atoms with Crippen LogP contribution < -0.4 is 10.4 Å². The smallest absolute Gasteiger partial charge is 0.127 e. The van der Waals surface area contributed by atoms with E-state index in [4.69, 9.17) is 0 Å². The van der Waals surface area contributed by atoms with Crippen molar-refractivity contribution in [1.82, 2.24) is 0 Å². The zero-order chi connectivity index (χ0) is 17.1. The lowest BCUT2D eigenvalue weighted by atomic mass is 9.90. The Morgan fingerprint density at radius 2 is 1.78 bits per heavy atom. The molecule has 0 spiro atoms. The van der Waals surface area contributed by atoms with Gasteiger partial charge in [-0.15, -0.1) is 0 Å². The van der Waals surface area contributed by atoms with Crippen LogP contribution in [0.3, 0.4) is 0 Å². The van der Waals surface area contributed by atoms with Gasteiger partial charge in [0.2, 0.25) is 0 Å². The fraction of sp³-hybridized carbons (Fsp3) is 0.273. The Hall–Kier alpha value is -2.15. The topological polar surface area (TPSA) is 0 Å². The fourth-order valence-electron chi connectivity index (χ4n) is 2.69. The van der Waals surface area contributed by atoms with E-state index in [1.54, 1.807) is 6.07 Å². The number of aryl methyl sites for hydroxylation is 1. The van der Waals surface area contributed by atoms with Crippen LogP contribution in [0, 0.1) is 12.7 Å². The summed E-state index contributed by atoms with van der Waals surface area (Å²) in [6.45, 7) is 14.5. The molecular weight excluding hydrogens is 283 g/mol. The second-order valence-electron chi connectivity index (χ2n) is 6.49. The van der Waals surface area contributed by atoms with Crippen molar-refractivity contribution in [2.75, 3.05) is 0 Å². The van der Waals surface area contributed by atoms with Crippen molar-refractivity contribution in [1.29, 1.82) is 0 Å². The summed E-state index contributed by atoms with van der Waals surface area (Å²) >= 11 is 0. The van der Waals surface area contributed by atoms with E-state index >= 15 is 0 Å². The van der Waals surface area contributed by atoms with Crippen LogP contribution in [0.5, 0.6) is 0 Å². The van der Waals surface area contributed by atoms with Gasteiger partial charge in [0.25, 0.3) is 0 Å². The van der Waals surface area contributed by atoms with E-state index in [0.717, 1.165) is 27.1 Å². The van der Waals surface area contributed by atoms with Gasteiger partial charge >= 0.3 is 0 Å². The molecule has 0 nitrogen and oxygen atoms in total. The summed E-state index contributed by atoms with van der Waals surface area (Å²) in [6.07, 6.45) is 2.15. The van der Waals surface area contributed by atoms with Crippen molar-refractivity contribution in [2.45, 2.75) is 40.5 Å². The second-order valence-corrected chi connectivity index (χ2v) is 6.49. The summed E-state index contributed by atoms with van der Waals surface area (Å²) in [5.41, 5.74) is 5.25. The summed E-state index contributed by atoms with van der Waals surface area (Å²) < 4.78 is 14.3. The molecule has 0 aliphatic heterocycles. The minimum absolute atomic E-state index is 0.0246. The van der Waals surface area contributed by atoms with E-state index in [9.17, 15) is 4.39 Å². The molecule has 0 bridgehead atoms. The summed E-state index contributed by atoms with van der Waals surface area (Å²) in [6, 6.07) is 11.6. The Morgan fingerprint density at radius 1 is 1.09 bits per heavy atom. The SMILES string of the molecule is C=c1c(C(C)c2ccc(C)cc2F)ccc/c1=C/C(C)=C(C)C. The lowest BCUT2D eigenvalue weighted by Crippen LogP contribution is -2.28. The number of benzene rings is 2. The lowest BCUT2D eigenvalue weighted by molar-refractivity contribution is 0.601. The van der Waals surface area contributed by atoms with Crippen molar-refractivity contribution in [3.05, 3.63) is 80.5 Å². The van der Waals surface area contributed by atoms with Crippen LogP contribution in [0.15, 0.2) is 47.5 Å². The zero-order valence-electron chi connectivity index (χ0n) is 14.7. The molecule has 2 aromatic rings. The first-order valence-corrected chi connectivity index (χ1v) is 8.01. The largest absolute Gasteiger partial charge is 0.207 e. The molecule has 0 aliphatic rings. The molecular formula is C22H25F. The number of rotatable bonds is 3.